The molecule has 0 amide bonds. The van der Waals surface area contributed by atoms with Gasteiger partial charge in [-0.1, -0.05) is 60.3 Å². The van der Waals surface area contributed by atoms with Gasteiger partial charge in [0.25, 0.3) is 21.5 Å². The standard InChI is InChI=1S/C16H13N5O4.C16H11N3O7S.Cr/c1-10-15(16(23)20(19-10)11-5-3-2-4-6-11)18-17-13-9-12(21(24)25)7-8-14(13)22;20-13-6-5-9-3-1-2-4-11(9)15(13)18-17-12-7-10(19(22)23)8-14(16(12)21)27(24,25)26;/h2-9,22-23H,1H3;1-8,20-21H,(H,24,25,26);/q;;+3/p-2. The molecule has 53 heavy (non-hydrogen) atoms. The first kappa shape index (κ1) is 39.0. The van der Waals surface area contributed by atoms with E-state index >= 15 is 0 Å². The van der Waals surface area contributed by atoms with Gasteiger partial charge < -0.3 is 20.4 Å². The third kappa shape index (κ3) is 8.75. The molecule has 0 spiro atoms. The van der Waals surface area contributed by atoms with Gasteiger partial charge in [-0.05, 0) is 30.5 Å². The van der Waals surface area contributed by atoms with E-state index in [-0.39, 0.29) is 45.9 Å². The minimum absolute atomic E-state index is 0. The molecule has 6 aromatic rings. The SMILES string of the molecule is Cc1nn(-c2ccccc2)c([O-])c1N=Nc1cc([N+](=O)[O-])ccc1[O-].O=[N+]([O-])c1cc(N=Nc2c(O)ccc3ccccc23)c(O)c(S(=O)(=O)O)c1.[Cr+3]. The van der Waals surface area contributed by atoms with Crippen molar-refractivity contribution in [2.24, 2.45) is 20.5 Å². The number of phenolic OH excluding ortho intramolecular Hbond substituents is 2. The van der Waals surface area contributed by atoms with Crippen LogP contribution >= 0.6 is 0 Å². The quantitative estimate of drug-likeness (QED) is 0.0648. The summed E-state index contributed by atoms with van der Waals surface area (Å²) in [7, 11) is -4.94. The predicted molar refractivity (Wildman–Crippen MR) is 179 cm³/mol. The van der Waals surface area contributed by atoms with Gasteiger partial charge >= 0.3 is 17.4 Å². The largest absolute Gasteiger partial charge is 3.00 e. The Labute approximate surface area is 308 Å². The van der Waals surface area contributed by atoms with Crippen molar-refractivity contribution in [3.8, 4) is 28.8 Å². The van der Waals surface area contributed by atoms with Crippen molar-refractivity contribution in [2.45, 2.75) is 11.8 Å². The van der Waals surface area contributed by atoms with Crippen molar-refractivity contribution in [3.63, 3.8) is 0 Å². The van der Waals surface area contributed by atoms with Crippen molar-refractivity contribution in [3.05, 3.63) is 123 Å². The number of aromatic nitrogens is 2. The summed E-state index contributed by atoms with van der Waals surface area (Å²) in [6, 6.07) is 23.1. The van der Waals surface area contributed by atoms with Crippen LogP contribution in [0.1, 0.15) is 5.69 Å². The normalized spacial score (nSPS) is 11.3. The van der Waals surface area contributed by atoms with Crippen molar-refractivity contribution in [1.82, 2.24) is 9.78 Å². The molecular weight excluding hydrogens is 756 g/mol. The zero-order valence-electron chi connectivity index (χ0n) is 26.7. The molecule has 0 saturated carbocycles. The van der Waals surface area contributed by atoms with Gasteiger partial charge in [0, 0.05) is 35.5 Å². The Balaban J connectivity index is 0.000000233. The van der Waals surface area contributed by atoms with Crippen LogP contribution in [0, 0.1) is 27.2 Å². The van der Waals surface area contributed by atoms with Gasteiger partial charge in [0.05, 0.1) is 26.9 Å². The van der Waals surface area contributed by atoms with Crippen molar-refractivity contribution in [2.75, 3.05) is 0 Å². The van der Waals surface area contributed by atoms with E-state index in [4.69, 9.17) is 4.55 Å². The molecule has 19 nitrogen and oxygen atoms in total. The second-order valence-electron chi connectivity index (χ2n) is 10.5. The topological polar surface area (TPSA) is 294 Å². The molecule has 1 heterocycles. The molecule has 0 aliphatic carbocycles. The molecule has 0 fully saturated rings. The summed E-state index contributed by atoms with van der Waals surface area (Å²) in [5.74, 6) is -2.27. The van der Waals surface area contributed by atoms with E-state index in [0.717, 1.165) is 29.7 Å². The molecule has 0 aliphatic heterocycles. The number of nitrogens with zero attached hydrogens (tertiary/aromatic N) is 8. The summed E-state index contributed by atoms with van der Waals surface area (Å²) in [4.78, 5) is 19.1. The average Bonchev–Trinajstić information content (AvgIpc) is 3.40. The summed E-state index contributed by atoms with van der Waals surface area (Å²) in [5, 5.41) is 86.3. The number of hydrogen-bond acceptors (Lipinski definition) is 15. The number of non-ortho nitro benzene ring substituents is 2. The van der Waals surface area contributed by atoms with Gasteiger partial charge in [-0.15, -0.1) is 15.3 Å². The minimum Gasteiger partial charge on any atom is -0.871 e. The van der Waals surface area contributed by atoms with E-state index in [2.05, 4.69) is 25.6 Å². The van der Waals surface area contributed by atoms with E-state index in [1.165, 1.54) is 10.7 Å². The molecule has 0 saturated heterocycles. The van der Waals surface area contributed by atoms with Gasteiger partial charge in [-0.2, -0.15) is 18.6 Å². The number of phenols is 2. The Hall–Kier alpha value is -6.79. The Morgan fingerprint density at radius 2 is 1.34 bits per heavy atom. The fourth-order valence-corrected chi connectivity index (χ4v) is 5.19. The molecule has 5 aromatic carbocycles. The van der Waals surface area contributed by atoms with Crippen molar-refractivity contribution < 1.29 is 60.6 Å². The minimum atomic E-state index is -4.94. The number of para-hydroxylation sites is 1. The maximum atomic E-state index is 12.4. The third-order valence-electron chi connectivity index (χ3n) is 7.06. The summed E-state index contributed by atoms with van der Waals surface area (Å²) in [5.41, 5.74) is -0.914. The van der Waals surface area contributed by atoms with Gasteiger partial charge in [0.15, 0.2) is 5.75 Å². The van der Waals surface area contributed by atoms with E-state index in [9.17, 15) is 49.1 Å². The third-order valence-corrected chi connectivity index (χ3v) is 7.93. The number of aryl methyl sites for hydroxylation is 1. The van der Waals surface area contributed by atoms with Crippen molar-refractivity contribution >= 4 is 55.0 Å². The van der Waals surface area contributed by atoms with Gasteiger partial charge in [-0.3, -0.25) is 24.8 Å². The fourth-order valence-electron chi connectivity index (χ4n) is 4.57. The van der Waals surface area contributed by atoms with Crippen LogP contribution in [0.4, 0.5) is 34.1 Å². The maximum Gasteiger partial charge on any atom is 3.00 e. The Morgan fingerprint density at radius 3 is 2.00 bits per heavy atom. The van der Waals surface area contributed by atoms with E-state index in [0.29, 0.717) is 22.8 Å². The van der Waals surface area contributed by atoms with Gasteiger partial charge in [-0.25, -0.2) is 4.68 Å². The number of benzene rings is 5. The Bertz CT molecular complexity index is 2530. The molecule has 1 radical (unpaired) electrons. The molecule has 0 aliphatic rings. The molecule has 3 N–H and O–H groups in total. The van der Waals surface area contributed by atoms with Crippen LogP contribution in [0.3, 0.4) is 0 Å². The van der Waals surface area contributed by atoms with Crippen LogP contribution in [-0.4, -0.2) is 42.8 Å². The predicted octanol–water partition coefficient (Wildman–Crippen LogP) is 6.47. The Kier molecular flexibility index (Phi) is 11.8. The molecule has 267 valence electrons. The molecule has 0 bridgehead atoms. The Morgan fingerprint density at radius 1 is 0.736 bits per heavy atom. The van der Waals surface area contributed by atoms with Crippen LogP contribution in [0.15, 0.2) is 122 Å². The smallest absolute Gasteiger partial charge is 0.871 e. The first-order valence-corrected chi connectivity index (χ1v) is 15.9. The molecule has 6 rings (SSSR count). The molecule has 0 atom stereocenters. The van der Waals surface area contributed by atoms with Crippen LogP contribution < -0.4 is 10.2 Å². The van der Waals surface area contributed by atoms with E-state index in [1.807, 2.05) is 6.07 Å². The van der Waals surface area contributed by atoms with Gasteiger partial charge in [0.1, 0.15) is 27.7 Å². The number of azo groups is 2. The zero-order valence-corrected chi connectivity index (χ0v) is 28.8. The number of fused-ring (bicyclic) bond motifs is 1. The summed E-state index contributed by atoms with van der Waals surface area (Å²) < 4.78 is 33.0. The number of nitro groups is 2. The second kappa shape index (κ2) is 16.0. The van der Waals surface area contributed by atoms with E-state index in [1.54, 1.807) is 61.5 Å². The second-order valence-corrected chi connectivity index (χ2v) is 11.9. The van der Waals surface area contributed by atoms with Crippen molar-refractivity contribution in [1.29, 1.82) is 0 Å². The summed E-state index contributed by atoms with van der Waals surface area (Å²) in [6.45, 7) is 1.58. The first-order valence-electron chi connectivity index (χ1n) is 14.5. The van der Waals surface area contributed by atoms with Gasteiger partial charge in [0.2, 0.25) is 0 Å². The number of rotatable bonds is 8. The maximum absolute atomic E-state index is 12.4. The summed E-state index contributed by atoms with van der Waals surface area (Å²) in [6.07, 6.45) is 0. The zero-order chi connectivity index (χ0) is 37.7. The number of hydrogen-bond donors (Lipinski definition) is 3. The summed E-state index contributed by atoms with van der Waals surface area (Å²) >= 11 is 0. The molecular formula is C32H22CrN8O11S+. The average molecular weight is 779 g/mol. The van der Waals surface area contributed by atoms with Crippen LogP contribution in [0.2, 0.25) is 0 Å². The van der Waals surface area contributed by atoms with Crippen LogP contribution in [-0.2, 0) is 27.5 Å². The molecule has 1 aromatic heterocycles. The number of aromatic hydroxyl groups is 2. The van der Waals surface area contributed by atoms with Crippen LogP contribution in [0.25, 0.3) is 16.5 Å². The molecule has 0 unspecified atom stereocenters. The fraction of sp³-hybridized carbons (Fsp3) is 0.0312. The molecule has 21 heteroatoms. The first-order chi connectivity index (χ1) is 24.6. The number of nitro benzene ring substituents is 2. The van der Waals surface area contributed by atoms with Crippen LogP contribution in [0.5, 0.6) is 23.1 Å². The monoisotopic (exact) mass is 778 g/mol. The van der Waals surface area contributed by atoms with E-state index < -0.39 is 53.6 Å².